The van der Waals surface area contributed by atoms with Gasteiger partial charge in [-0.1, -0.05) is 12.1 Å². The zero-order valence-electron chi connectivity index (χ0n) is 9.65. The van der Waals surface area contributed by atoms with E-state index in [1.165, 1.54) is 25.1 Å². The number of aliphatic carboxylic acids is 1. The SMILES string of the molecule is CC(=O)CC(=O)O.O=C(CF)c1cccc(F)c1. The second kappa shape index (κ2) is 8.05. The van der Waals surface area contributed by atoms with Gasteiger partial charge in [-0.3, -0.25) is 14.4 Å². The number of ketones is 2. The maximum Gasteiger partial charge on any atom is 0.310 e. The van der Waals surface area contributed by atoms with Crippen LogP contribution in [0.2, 0.25) is 0 Å². The number of carbonyl (C=O) groups is 3. The van der Waals surface area contributed by atoms with Crippen molar-refractivity contribution in [2.24, 2.45) is 0 Å². The molecule has 18 heavy (non-hydrogen) atoms. The van der Waals surface area contributed by atoms with Crippen molar-refractivity contribution in [3.63, 3.8) is 0 Å². The van der Waals surface area contributed by atoms with Gasteiger partial charge in [-0.15, -0.1) is 0 Å². The summed E-state index contributed by atoms with van der Waals surface area (Å²) in [6.07, 6.45) is -0.361. The van der Waals surface area contributed by atoms with Gasteiger partial charge in [-0.05, 0) is 19.1 Å². The van der Waals surface area contributed by atoms with Crippen molar-refractivity contribution in [3.05, 3.63) is 35.6 Å². The highest BCUT2D eigenvalue weighted by atomic mass is 19.1. The highest BCUT2D eigenvalue weighted by molar-refractivity contribution is 5.96. The van der Waals surface area contributed by atoms with Crippen LogP contribution in [0.4, 0.5) is 8.78 Å². The van der Waals surface area contributed by atoms with Crippen molar-refractivity contribution in [2.75, 3.05) is 6.67 Å². The van der Waals surface area contributed by atoms with Crippen LogP contribution in [0, 0.1) is 5.82 Å². The van der Waals surface area contributed by atoms with Gasteiger partial charge in [0.2, 0.25) is 0 Å². The third kappa shape index (κ3) is 7.21. The Morgan fingerprint density at radius 3 is 2.22 bits per heavy atom. The Morgan fingerprint density at radius 1 is 1.28 bits per heavy atom. The van der Waals surface area contributed by atoms with Gasteiger partial charge in [0.25, 0.3) is 0 Å². The second-order valence-corrected chi connectivity index (χ2v) is 3.34. The summed E-state index contributed by atoms with van der Waals surface area (Å²) >= 11 is 0. The Kier molecular flexibility index (Phi) is 7.11. The lowest BCUT2D eigenvalue weighted by Crippen LogP contribution is -2.00. The number of alkyl halides is 1. The summed E-state index contributed by atoms with van der Waals surface area (Å²) in [5.41, 5.74) is 0.0764. The summed E-state index contributed by atoms with van der Waals surface area (Å²) < 4.78 is 24.1. The van der Waals surface area contributed by atoms with Crippen LogP contribution >= 0.6 is 0 Å². The smallest absolute Gasteiger partial charge is 0.310 e. The summed E-state index contributed by atoms with van der Waals surface area (Å²) in [5, 5.41) is 7.86. The summed E-state index contributed by atoms with van der Waals surface area (Å²) in [4.78, 5) is 30.1. The fourth-order valence-corrected chi connectivity index (χ4v) is 0.952. The van der Waals surface area contributed by atoms with Crippen molar-refractivity contribution >= 4 is 17.5 Å². The molecule has 0 spiro atoms. The van der Waals surface area contributed by atoms with Crippen LogP contribution in [0.3, 0.4) is 0 Å². The Morgan fingerprint density at radius 2 is 1.89 bits per heavy atom. The second-order valence-electron chi connectivity index (χ2n) is 3.34. The van der Waals surface area contributed by atoms with Crippen LogP contribution in [0.5, 0.6) is 0 Å². The van der Waals surface area contributed by atoms with Gasteiger partial charge >= 0.3 is 5.97 Å². The predicted octanol–water partition coefficient (Wildman–Crippen LogP) is 2.03. The van der Waals surface area contributed by atoms with E-state index in [4.69, 9.17) is 5.11 Å². The third-order valence-electron chi connectivity index (χ3n) is 1.67. The van der Waals surface area contributed by atoms with Crippen molar-refractivity contribution < 1.29 is 28.3 Å². The molecule has 1 rings (SSSR count). The van der Waals surface area contributed by atoms with Crippen LogP contribution in [0.25, 0.3) is 0 Å². The molecule has 0 saturated carbocycles. The van der Waals surface area contributed by atoms with Gasteiger partial charge in [0.15, 0.2) is 12.5 Å². The summed E-state index contributed by atoms with van der Waals surface area (Å²) in [7, 11) is 0. The van der Waals surface area contributed by atoms with E-state index in [0.717, 1.165) is 6.07 Å². The number of benzene rings is 1. The largest absolute Gasteiger partial charge is 0.481 e. The van der Waals surface area contributed by atoms with E-state index in [0.29, 0.717) is 0 Å². The maximum atomic E-state index is 12.4. The van der Waals surface area contributed by atoms with Crippen molar-refractivity contribution in [2.45, 2.75) is 13.3 Å². The minimum absolute atomic E-state index is 0.0764. The lowest BCUT2D eigenvalue weighted by atomic mass is 10.1. The fourth-order valence-electron chi connectivity index (χ4n) is 0.952. The first-order valence-electron chi connectivity index (χ1n) is 4.92. The Balaban J connectivity index is 0.000000360. The van der Waals surface area contributed by atoms with Gasteiger partial charge in [0.05, 0.1) is 0 Å². The molecule has 1 N–H and O–H groups in total. The van der Waals surface area contributed by atoms with Gasteiger partial charge in [0, 0.05) is 5.56 Å². The molecule has 0 aliphatic rings. The monoisotopic (exact) mass is 258 g/mol. The van der Waals surface area contributed by atoms with E-state index < -0.39 is 24.2 Å². The van der Waals surface area contributed by atoms with Crippen molar-refractivity contribution in [1.82, 2.24) is 0 Å². The molecule has 0 saturated heterocycles. The number of Topliss-reactive ketones (excluding diaryl/α,β-unsaturated/α-hetero) is 2. The number of carboxylic acids is 1. The molecular formula is C12H12F2O4. The van der Waals surface area contributed by atoms with Crippen LogP contribution in [0.15, 0.2) is 24.3 Å². The molecular weight excluding hydrogens is 246 g/mol. The van der Waals surface area contributed by atoms with Gasteiger partial charge in [-0.2, -0.15) is 0 Å². The van der Waals surface area contributed by atoms with E-state index in [-0.39, 0.29) is 17.8 Å². The summed E-state index contributed by atoms with van der Waals surface area (Å²) in [5.74, 6) is -2.59. The third-order valence-corrected chi connectivity index (χ3v) is 1.67. The molecule has 0 bridgehead atoms. The number of carbonyl (C=O) groups excluding carboxylic acids is 2. The highest BCUT2D eigenvalue weighted by Gasteiger charge is 2.04. The van der Waals surface area contributed by atoms with Crippen molar-refractivity contribution in [3.8, 4) is 0 Å². The minimum Gasteiger partial charge on any atom is -0.481 e. The number of hydrogen-bond donors (Lipinski definition) is 1. The minimum atomic E-state index is -1.08. The first-order chi connectivity index (χ1) is 8.36. The van der Waals surface area contributed by atoms with Gasteiger partial charge in [-0.25, -0.2) is 8.78 Å². The Labute approximate surface area is 102 Å². The lowest BCUT2D eigenvalue weighted by Gasteiger charge is -1.94. The Bertz CT molecular complexity index is 431. The van der Waals surface area contributed by atoms with Gasteiger partial charge < -0.3 is 5.11 Å². The highest BCUT2D eigenvalue weighted by Crippen LogP contribution is 2.04. The van der Waals surface area contributed by atoms with Crippen LogP contribution in [-0.2, 0) is 9.59 Å². The Hall–Kier alpha value is -2.11. The topological polar surface area (TPSA) is 71.4 Å². The normalized spacial score (nSPS) is 9.06. The van der Waals surface area contributed by atoms with Crippen LogP contribution in [-0.4, -0.2) is 29.3 Å². The number of halogens is 2. The number of rotatable bonds is 4. The zero-order chi connectivity index (χ0) is 14.1. The maximum absolute atomic E-state index is 12.4. The number of hydrogen-bond acceptors (Lipinski definition) is 3. The quantitative estimate of drug-likeness (QED) is 0.662. The van der Waals surface area contributed by atoms with E-state index in [1.54, 1.807) is 0 Å². The average Bonchev–Trinajstić information content (AvgIpc) is 2.27. The first kappa shape index (κ1) is 15.9. The molecule has 1 aromatic rings. The molecule has 6 heteroatoms. The molecule has 0 aliphatic carbocycles. The zero-order valence-corrected chi connectivity index (χ0v) is 9.65. The molecule has 0 radical (unpaired) electrons. The molecule has 0 amide bonds. The molecule has 0 aliphatic heterocycles. The molecule has 0 unspecified atom stereocenters. The summed E-state index contributed by atoms with van der Waals surface area (Å²) in [6.45, 7) is 0.164. The molecule has 0 aromatic heterocycles. The average molecular weight is 258 g/mol. The number of carboxylic acid groups (broad SMARTS) is 1. The van der Waals surface area contributed by atoms with E-state index in [9.17, 15) is 23.2 Å². The molecule has 1 aromatic carbocycles. The standard InChI is InChI=1S/C8H6F2O.C4H6O3/c9-5-8(11)6-2-1-3-7(10)4-6;1-3(5)2-4(6)7/h1-4H,5H2;2H2,1H3,(H,6,7). The van der Waals surface area contributed by atoms with Crippen LogP contribution < -0.4 is 0 Å². The lowest BCUT2D eigenvalue weighted by molar-refractivity contribution is -0.139. The fraction of sp³-hybridized carbons (Fsp3) is 0.250. The molecule has 0 fully saturated rings. The van der Waals surface area contributed by atoms with Crippen molar-refractivity contribution in [1.29, 1.82) is 0 Å². The summed E-state index contributed by atoms with van der Waals surface area (Å²) in [6, 6.07) is 4.97. The first-order valence-corrected chi connectivity index (χ1v) is 4.92. The molecule has 0 atom stereocenters. The van der Waals surface area contributed by atoms with Gasteiger partial charge in [0.1, 0.15) is 18.0 Å². The molecule has 0 heterocycles. The van der Waals surface area contributed by atoms with E-state index in [2.05, 4.69) is 0 Å². The van der Waals surface area contributed by atoms with Crippen LogP contribution in [0.1, 0.15) is 23.7 Å². The molecule has 98 valence electrons. The molecule has 4 nitrogen and oxygen atoms in total. The van der Waals surface area contributed by atoms with E-state index in [1.807, 2.05) is 0 Å². The van der Waals surface area contributed by atoms with E-state index >= 15 is 0 Å². The predicted molar refractivity (Wildman–Crippen MR) is 59.6 cm³/mol.